The smallest absolute Gasteiger partial charge is 0.240 e. The molecule has 0 atom stereocenters. The minimum Gasteiger partial charge on any atom is -0.493 e. The molecule has 29 heavy (non-hydrogen) atoms. The van der Waals surface area contributed by atoms with E-state index in [1.807, 2.05) is 52.4 Å². The predicted molar refractivity (Wildman–Crippen MR) is 112 cm³/mol. The van der Waals surface area contributed by atoms with Crippen LogP contribution in [-0.2, 0) is 17.9 Å². The van der Waals surface area contributed by atoms with Crippen LogP contribution in [0.4, 0.5) is 0 Å². The number of thiazole rings is 1. The predicted octanol–water partition coefficient (Wildman–Crippen LogP) is 3.49. The third kappa shape index (κ3) is 3.93. The van der Waals surface area contributed by atoms with Gasteiger partial charge in [-0.15, -0.1) is 11.3 Å². The summed E-state index contributed by atoms with van der Waals surface area (Å²) in [6, 6.07) is 13.3. The minimum absolute atomic E-state index is 0.112. The van der Waals surface area contributed by atoms with Gasteiger partial charge in [0.05, 0.1) is 30.8 Å². The molecule has 8 heteroatoms. The summed E-state index contributed by atoms with van der Waals surface area (Å²) >= 11 is 1.50. The third-order valence-electron chi connectivity index (χ3n) is 4.56. The number of carbonyl (C=O) groups is 1. The van der Waals surface area contributed by atoms with E-state index in [4.69, 9.17) is 9.47 Å². The van der Waals surface area contributed by atoms with Crippen molar-refractivity contribution in [2.24, 2.45) is 0 Å². The summed E-state index contributed by atoms with van der Waals surface area (Å²) in [7, 11) is 3.18. The molecule has 0 aliphatic heterocycles. The topological polar surface area (TPSA) is 78.3 Å². The van der Waals surface area contributed by atoms with E-state index in [1.54, 1.807) is 19.7 Å². The lowest BCUT2D eigenvalue weighted by Crippen LogP contribution is -2.27. The number of fused-ring (bicyclic) bond motifs is 1. The van der Waals surface area contributed by atoms with Crippen molar-refractivity contribution in [3.63, 3.8) is 0 Å². The van der Waals surface area contributed by atoms with Gasteiger partial charge in [-0.1, -0.05) is 18.2 Å². The lowest BCUT2D eigenvalue weighted by molar-refractivity contribution is -0.121. The Bertz CT molecular complexity index is 1140. The van der Waals surface area contributed by atoms with Crippen LogP contribution in [0.3, 0.4) is 0 Å². The first-order chi connectivity index (χ1) is 14.2. The Labute approximate surface area is 171 Å². The highest BCUT2D eigenvalue weighted by atomic mass is 32.1. The fourth-order valence-corrected chi connectivity index (χ4v) is 3.68. The van der Waals surface area contributed by atoms with Crippen LogP contribution in [0.15, 0.2) is 53.4 Å². The fourth-order valence-electron chi connectivity index (χ4n) is 3.14. The van der Waals surface area contributed by atoms with Gasteiger partial charge in [0.1, 0.15) is 12.2 Å². The Kier molecular flexibility index (Phi) is 5.44. The number of methoxy groups -OCH3 is 2. The Morgan fingerprint density at radius 1 is 1.14 bits per heavy atom. The van der Waals surface area contributed by atoms with Crippen molar-refractivity contribution in [3.8, 4) is 23.0 Å². The van der Waals surface area contributed by atoms with Crippen LogP contribution in [0.25, 0.3) is 22.6 Å². The maximum atomic E-state index is 12.7. The van der Waals surface area contributed by atoms with Crippen LogP contribution in [-0.4, -0.2) is 34.7 Å². The summed E-state index contributed by atoms with van der Waals surface area (Å²) in [5.41, 5.74) is 5.18. The van der Waals surface area contributed by atoms with Crippen LogP contribution in [0.2, 0.25) is 0 Å². The Morgan fingerprint density at radius 3 is 2.72 bits per heavy atom. The number of nitrogens with one attached hydrogen (secondary N) is 1. The van der Waals surface area contributed by atoms with Crippen LogP contribution < -0.4 is 14.8 Å². The number of para-hydroxylation sites is 2. The minimum atomic E-state index is -0.112. The highest BCUT2D eigenvalue weighted by Gasteiger charge is 2.16. The normalized spacial score (nSPS) is 10.8. The lowest BCUT2D eigenvalue weighted by Gasteiger charge is -2.11. The van der Waals surface area contributed by atoms with Gasteiger partial charge in [0.25, 0.3) is 0 Å². The Balaban J connectivity index is 1.53. The molecule has 2 aromatic heterocycles. The second kappa shape index (κ2) is 8.32. The summed E-state index contributed by atoms with van der Waals surface area (Å²) in [4.78, 5) is 21.7. The van der Waals surface area contributed by atoms with Crippen LogP contribution in [0.1, 0.15) is 5.56 Å². The number of nitrogens with zero attached hydrogens (tertiary/aromatic N) is 3. The van der Waals surface area contributed by atoms with E-state index in [1.165, 1.54) is 11.3 Å². The van der Waals surface area contributed by atoms with Crippen molar-refractivity contribution < 1.29 is 14.3 Å². The van der Waals surface area contributed by atoms with Gasteiger partial charge in [-0.3, -0.25) is 4.79 Å². The van der Waals surface area contributed by atoms with Gasteiger partial charge in [0.15, 0.2) is 17.3 Å². The summed E-state index contributed by atoms with van der Waals surface area (Å²) in [6.45, 7) is 0.540. The zero-order valence-electron chi connectivity index (χ0n) is 16.1. The number of ether oxygens (including phenoxy) is 2. The second-order valence-corrected chi connectivity index (χ2v) is 7.07. The van der Waals surface area contributed by atoms with Crippen LogP contribution >= 0.6 is 11.3 Å². The third-order valence-corrected chi connectivity index (χ3v) is 5.14. The SMILES string of the molecule is COc1ccc(CNC(=O)Cn2c(-c3cscn3)nc3ccccc32)cc1OC. The molecule has 0 saturated heterocycles. The first kappa shape index (κ1) is 18.9. The second-order valence-electron chi connectivity index (χ2n) is 6.35. The van der Waals surface area contributed by atoms with E-state index < -0.39 is 0 Å². The number of hydrogen-bond donors (Lipinski definition) is 1. The standard InChI is InChI=1S/C21H20N4O3S/c1-27-18-8-7-14(9-19(18)28-2)10-22-20(26)11-25-17-6-4-3-5-15(17)24-21(25)16-12-29-13-23-16/h3-9,12-13H,10-11H2,1-2H3,(H,22,26). The molecule has 2 heterocycles. The Morgan fingerprint density at radius 2 is 1.97 bits per heavy atom. The van der Waals surface area contributed by atoms with E-state index >= 15 is 0 Å². The average Bonchev–Trinajstić information content (AvgIpc) is 3.40. The largest absolute Gasteiger partial charge is 0.493 e. The molecule has 148 valence electrons. The monoisotopic (exact) mass is 408 g/mol. The molecule has 1 N–H and O–H groups in total. The molecule has 0 saturated carbocycles. The quantitative estimate of drug-likeness (QED) is 0.506. The number of hydrogen-bond acceptors (Lipinski definition) is 6. The molecular formula is C21H20N4O3S. The summed E-state index contributed by atoms with van der Waals surface area (Å²) < 4.78 is 12.5. The highest BCUT2D eigenvalue weighted by molar-refractivity contribution is 7.07. The first-order valence-corrected chi connectivity index (χ1v) is 9.95. The maximum Gasteiger partial charge on any atom is 0.240 e. The molecule has 2 aromatic carbocycles. The molecule has 7 nitrogen and oxygen atoms in total. The lowest BCUT2D eigenvalue weighted by atomic mass is 10.2. The molecular weight excluding hydrogens is 388 g/mol. The van der Waals surface area contributed by atoms with E-state index in [-0.39, 0.29) is 12.5 Å². The summed E-state index contributed by atoms with van der Waals surface area (Å²) in [5.74, 6) is 1.86. The van der Waals surface area contributed by atoms with Gasteiger partial charge >= 0.3 is 0 Å². The maximum absolute atomic E-state index is 12.7. The number of aromatic nitrogens is 3. The van der Waals surface area contributed by atoms with Gasteiger partial charge in [-0.05, 0) is 29.8 Å². The number of rotatable bonds is 7. The molecule has 0 aliphatic carbocycles. The van der Waals surface area contributed by atoms with E-state index in [9.17, 15) is 4.79 Å². The van der Waals surface area contributed by atoms with Gasteiger partial charge in [-0.2, -0.15) is 0 Å². The zero-order chi connectivity index (χ0) is 20.2. The summed E-state index contributed by atoms with van der Waals surface area (Å²) in [5, 5.41) is 4.89. The van der Waals surface area contributed by atoms with E-state index in [2.05, 4.69) is 15.3 Å². The molecule has 4 rings (SSSR count). The van der Waals surface area contributed by atoms with Gasteiger partial charge in [-0.25, -0.2) is 9.97 Å². The molecule has 0 bridgehead atoms. The fraction of sp³-hybridized carbons (Fsp3) is 0.190. The number of imidazole rings is 1. The molecule has 0 aliphatic rings. The van der Waals surface area contributed by atoms with Crippen LogP contribution in [0, 0.1) is 0 Å². The Hall–Kier alpha value is -3.39. The molecule has 0 spiro atoms. The van der Waals surface area contributed by atoms with Crippen molar-refractivity contribution in [3.05, 3.63) is 58.9 Å². The number of carbonyl (C=O) groups excluding carboxylic acids is 1. The van der Waals surface area contributed by atoms with E-state index in [0.29, 0.717) is 23.9 Å². The van der Waals surface area contributed by atoms with E-state index in [0.717, 1.165) is 22.3 Å². The van der Waals surface area contributed by atoms with Crippen LogP contribution in [0.5, 0.6) is 11.5 Å². The molecule has 0 fully saturated rings. The molecule has 0 radical (unpaired) electrons. The highest BCUT2D eigenvalue weighted by Crippen LogP contribution is 2.27. The molecule has 4 aromatic rings. The zero-order valence-corrected chi connectivity index (χ0v) is 16.9. The average molecular weight is 408 g/mol. The van der Waals surface area contributed by atoms with Gasteiger partial charge in [0, 0.05) is 11.9 Å². The molecule has 0 unspecified atom stereocenters. The van der Waals surface area contributed by atoms with Crippen molar-refractivity contribution in [1.82, 2.24) is 19.9 Å². The first-order valence-electron chi connectivity index (χ1n) is 9.01. The van der Waals surface area contributed by atoms with Crippen molar-refractivity contribution in [1.29, 1.82) is 0 Å². The summed E-state index contributed by atoms with van der Waals surface area (Å²) in [6.07, 6.45) is 0. The van der Waals surface area contributed by atoms with Gasteiger partial charge in [0.2, 0.25) is 5.91 Å². The molecule has 1 amide bonds. The number of amides is 1. The van der Waals surface area contributed by atoms with Crippen molar-refractivity contribution in [2.45, 2.75) is 13.1 Å². The van der Waals surface area contributed by atoms with Crippen molar-refractivity contribution >= 4 is 28.3 Å². The number of benzene rings is 2. The van der Waals surface area contributed by atoms with Gasteiger partial charge < -0.3 is 19.4 Å². The van der Waals surface area contributed by atoms with Crippen molar-refractivity contribution in [2.75, 3.05) is 14.2 Å².